The third kappa shape index (κ3) is 4.59. The average molecular weight is 254 g/mol. The first-order chi connectivity index (χ1) is 8.33. The van der Waals surface area contributed by atoms with Crippen LogP contribution in [0, 0.1) is 0 Å². The molecule has 0 aromatic heterocycles. The first-order valence-corrected chi connectivity index (χ1v) is 7.25. The maximum Gasteiger partial charge on any atom is 0.0494 e. The number of para-hydroxylation sites is 1. The Kier molecular flexibility index (Phi) is 7.11. The Morgan fingerprint density at radius 2 is 1.59 bits per heavy atom. The van der Waals surface area contributed by atoms with Crippen molar-refractivity contribution < 1.29 is 0 Å². The minimum absolute atomic E-state index is 0.602. The van der Waals surface area contributed by atoms with Gasteiger partial charge in [0.15, 0.2) is 0 Å². The van der Waals surface area contributed by atoms with E-state index < -0.39 is 0 Å². The number of hydrogen-bond acceptors (Lipinski definition) is 1. The number of nitrogens with zero attached hydrogens (tertiary/aromatic N) is 1. The molecule has 1 aromatic rings. The van der Waals surface area contributed by atoms with Gasteiger partial charge in [0, 0.05) is 24.7 Å². The maximum absolute atomic E-state index is 6.02. The van der Waals surface area contributed by atoms with Gasteiger partial charge in [-0.2, -0.15) is 0 Å². The normalized spacial score (nSPS) is 10.5. The molecule has 1 rings (SSSR count). The van der Waals surface area contributed by atoms with E-state index in [0.29, 0.717) is 5.88 Å². The number of rotatable bonds is 8. The zero-order valence-electron chi connectivity index (χ0n) is 11.1. The third-order valence-corrected chi connectivity index (χ3v) is 3.33. The van der Waals surface area contributed by atoms with Crippen LogP contribution in [0.25, 0.3) is 0 Å². The van der Waals surface area contributed by atoms with Crippen LogP contribution in [-0.2, 0) is 5.88 Å². The number of alkyl halides is 1. The van der Waals surface area contributed by atoms with Crippen LogP contribution in [-0.4, -0.2) is 13.1 Å². The van der Waals surface area contributed by atoms with Crippen LogP contribution in [0.2, 0.25) is 0 Å². The molecule has 2 heteroatoms. The van der Waals surface area contributed by atoms with Crippen LogP contribution in [0.1, 0.15) is 45.1 Å². The van der Waals surface area contributed by atoms with E-state index in [1.165, 1.54) is 36.9 Å². The van der Waals surface area contributed by atoms with Gasteiger partial charge in [-0.15, -0.1) is 11.6 Å². The smallest absolute Gasteiger partial charge is 0.0494 e. The van der Waals surface area contributed by atoms with Gasteiger partial charge in [-0.05, 0) is 24.5 Å². The highest BCUT2D eigenvalue weighted by atomic mass is 35.5. The molecule has 0 atom stereocenters. The van der Waals surface area contributed by atoms with Crippen molar-refractivity contribution in [1.29, 1.82) is 0 Å². The lowest BCUT2D eigenvalue weighted by Gasteiger charge is -2.26. The second-order valence-corrected chi connectivity index (χ2v) is 4.72. The van der Waals surface area contributed by atoms with Crippen LogP contribution in [0.3, 0.4) is 0 Å². The molecule has 96 valence electrons. The van der Waals surface area contributed by atoms with Gasteiger partial charge in [0.25, 0.3) is 0 Å². The Hall–Kier alpha value is -0.690. The highest BCUT2D eigenvalue weighted by Gasteiger charge is 2.09. The molecule has 0 amide bonds. The molecule has 1 aromatic carbocycles. The monoisotopic (exact) mass is 253 g/mol. The molecule has 17 heavy (non-hydrogen) atoms. The van der Waals surface area contributed by atoms with Gasteiger partial charge in [-0.25, -0.2) is 0 Å². The van der Waals surface area contributed by atoms with Crippen molar-refractivity contribution in [3.05, 3.63) is 29.8 Å². The van der Waals surface area contributed by atoms with Gasteiger partial charge in [0.1, 0.15) is 0 Å². The van der Waals surface area contributed by atoms with Crippen molar-refractivity contribution >= 4 is 17.3 Å². The Bertz CT molecular complexity index is 304. The second kappa shape index (κ2) is 8.41. The lowest BCUT2D eigenvalue weighted by atomic mass is 10.1. The molecule has 0 aliphatic carbocycles. The van der Waals surface area contributed by atoms with Crippen molar-refractivity contribution in [2.24, 2.45) is 0 Å². The summed E-state index contributed by atoms with van der Waals surface area (Å²) in [6.45, 7) is 6.77. The van der Waals surface area contributed by atoms with Gasteiger partial charge in [-0.3, -0.25) is 0 Å². The van der Waals surface area contributed by atoms with Gasteiger partial charge in [-0.1, -0.05) is 44.9 Å². The van der Waals surface area contributed by atoms with E-state index in [4.69, 9.17) is 11.6 Å². The Morgan fingerprint density at radius 3 is 2.12 bits per heavy atom. The molecular weight excluding hydrogens is 230 g/mol. The van der Waals surface area contributed by atoms with Crippen LogP contribution in [0.4, 0.5) is 5.69 Å². The van der Waals surface area contributed by atoms with Gasteiger partial charge in [0.2, 0.25) is 0 Å². The van der Waals surface area contributed by atoms with Crippen LogP contribution in [0.15, 0.2) is 24.3 Å². The lowest BCUT2D eigenvalue weighted by Crippen LogP contribution is -2.26. The molecule has 0 saturated heterocycles. The number of hydrogen-bond donors (Lipinski definition) is 0. The first kappa shape index (κ1) is 14.4. The number of anilines is 1. The van der Waals surface area contributed by atoms with Crippen molar-refractivity contribution in [2.75, 3.05) is 18.0 Å². The Balaban J connectivity index is 2.78. The summed E-state index contributed by atoms with van der Waals surface area (Å²) in [5, 5.41) is 0. The molecule has 0 saturated carbocycles. The fraction of sp³-hybridized carbons (Fsp3) is 0.600. The van der Waals surface area contributed by atoms with E-state index in [-0.39, 0.29) is 0 Å². The van der Waals surface area contributed by atoms with Crippen LogP contribution >= 0.6 is 11.6 Å². The van der Waals surface area contributed by atoms with Crippen molar-refractivity contribution in [3.63, 3.8) is 0 Å². The lowest BCUT2D eigenvalue weighted by molar-refractivity contribution is 0.676. The van der Waals surface area contributed by atoms with E-state index in [1.54, 1.807) is 0 Å². The molecule has 0 heterocycles. The predicted molar refractivity (Wildman–Crippen MR) is 78.0 cm³/mol. The summed E-state index contributed by atoms with van der Waals surface area (Å²) in [5.41, 5.74) is 2.57. The minimum atomic E-state index is 0.602. The van der Waals surface area contributed by atoms with E-state index >= 15 is 0 Å². The number of halogens is 1. The van der Waals surface area contributed by atoms with E-state index in [0.717, 1.165) is 13.1 Å². The van der Waals surface area contributed by atoms with Crippen molar-refractivity contribution in [3.8, 4) is 0 Å². The molecule has 0 fully saturated rings. The molecular formula is C15H24ClN. The average Bonchev–Trinajstić information content (AvgIpc) is 2.39. The fourth-order valence-corrected chi connectivity index (χ4v) is 2.21. The van der Waals surface area contributed by atoms with E-state index in [2.05, 4.69) is 43.0 Å². The molecule has 1 nitrogen and oxygen atoms in total. The molecule has 0 bridgehead atoms. The minimum Gasteiger partial charge on any atom is -0.371 e. The highest BCUT2D eigenvalue weighted by molar-refractivity contribution is 6.17. The quantitative estimate of drug-likeness (QED) is 0.600. The summed E-state index contributed by atoms with van der Waals surface area (Å²) < 4.78 is 0. The topological polar surface area (TPSA) is 3.24 Å². The summed E-state index contributed by atoms with van der Waals surface area (Å²) in [5.74, 6) is 0.602. The van der Waals surface area contributed by atoms with Crippen molar-refractivity contribution in [1.82, 2.24) is 0 Å². The summed E-state index contributed by atoms with van der Waals surface area (Å²) in [6, 6.07) is 8.51. The molecule has 0 aliphatic rings. The third-order valence-electron chi connectivity index (χ3n) is 3.04. The zero-order valence-corrected chi connectivity index (χ0v) is 11.8. The molecule has 0 spiro atoms. The Morgan fingerprint density at radius 1 is 1.00 bits per heavy atom. The maximum atomic E-state index is 6.02. The molecule has 0 unspecified atom stereocenters. The van der Waals surface area contributed by atoms with Gasteiger partial charge >= 0.3 is 0 Å². The predicted octanol–water partition coefficient (Wildman–Crippen LogP) is 4.83. The number of benzene rings is 1. The second-order valence-electron chi connectivity index (χ2n) is 4.46. The van der Waals surface area contributed by atoms with Crippen molar-refractivity contribution in [2.45, 2.75) is 45.4 Å². The largest absolute Gasteiger partial charge is 0.371 e. The first-order valence-electron chi connectivity index (χ1n) is 6.72. The summed E-state index contributed by atoms with van der Waals surface area (Å²) in [4.78, 5) is 2.49. The highest BCUT2D eigenvalue weighted by Crippen LogP contribution is 2.23. The molecule has 0 N–H and O–H groups in total. The zero-order chi connectivity index (χ0) is 12.5. The van der Waals surface area contributed by atoms with Crippen LogP contribution in [0.5, 0.6) is 0 Å². The standard InChI is InChI=1S/C15H24ClN/c1-3-5-11-17(12-6-4-2)15-10-8-7-9-14(15)13-16/h7-10H,3-6,11-13H2,1-2H3. The summed E-state index contributed by atoms with van der Waals surface area (Å²) in [6.07, 6.45) is 4.98. The summed E-state index contributed by atoms with van der Waals surface area (Å²) in [7, 11) is 0. The molecule has 0 aliphatic heterocycles. The van der Waals surface area contributed by atoms with E-state index in [1.807, 2.05) is 0 Å². The fourth-order valence-electron chi connectivity index (χ4n) is 1.98. The summed E-state index contributed by atoms with van der Waals surface area (Å²) >= 11 is 6.02. The Labute approximate surface area is 111 Å². The van der Waals surface area contributed by atoms with Gasteiger partial charge < -0.3 is 4.90 Å². The van der Waals surface area contributed by atoms with Crippen LogP contribution < -0.4 is 4.90 Å². The SMILES string of the molecule is CCCCN(CCCC)c1ccccc1CCl. The number of unbranched alkanes of at least 4 members (excludes halogenated alkanes) is 2. The van der Waals surface area contributed by atoms with Gasteiger partial charge in [0.05, 0.1) is 0 Å². The van der Waals surface area contributed by atoms with E-state index in [9.17, 15) is 0 Å². The molecule has 0 radical (unpaired) electrons.